The maximum atomic E-state index is 12.9. The van der Waals surface area contributed by atoms with Gasteiger partial charge < -0.3 is 5.32 Å². The van der Waals surface area contributed by atoms with Gasteiger partial charge in [-0.25, -0.2) is 0 Å². The Morgan fingerprint density at radius 2 is 1.84 bits per heavy atom. The monoisotopic (exact) mass is 538 g/mol. The van der Waals surface area contributed by atoms with Crippen LogP contribution in [0.25, 0.3) is 6.08 Å². The van der Waals surface area contributed by atoms with Gasteiger partial charge in [-0.15, -0.1) is 0 Å². The fourth-order valence-corrected chi connectivity index (χ4v) is 4.60. The highest BCUT2D eigenvalue weighted by atomic mass is 35.5. The molecule has 1 aliphatic heterocycles. The first-order valence-corrected chi connectivity index (χ1v) is 11.2. The maximum Gasteiger partial charge on any atom is 0.416 e. The molecule has 0 aromatic heterocycles. The van der Waals surface area contributed by atoms with E-state index in [0.29, 0.717) is 20.5 Å². The van der Waals surface area contributed by atoms with Crippen LogP contribution in [0.5, 0.6) is 0 Å². The topological polar surface area (TPSA) is 49.4 Å². The molecule has 1 N–H and O–H groups in total. The van der Waals surface area contributed by atoms with Gasteiger partial charge in [-0.1, -0.05) is 64.8 Å². The van der Waals surface area contributed by atoms with Crippen LogP contribution in [0.1, 0.15) is 17.5 Å². The van der Waals surface area contributed by atoms with Crippen LogP contribution in [0.4, 0.5) is 18.9 Å². The average Bonchev–Trinajstić information content (AvgIpc) is 2.96. The van der Waals surface area contributed by atoms with Crippen molar-refractivity contribution in [2.75, 3.05) is 11.9 Å². The van der Waals surface area contributed by atoms with Gasteiger partial charge in [0.25, 0.3) is 5.91 Å². The van der Waals surface area contributed by atoms with Crippen LogP contribution in [-0.4, -0.2) is 27.6 Å². The number of nitrogens with zero attached hydrogens (tertiary/aromatic N) is 1. The second-order valence-electron chi connectivity index (χ2n) is 6.49. The lowest BCUT2D eigenvalue weighted by Gasteiger charge is -2.15. The van der Waals surface area contributed by atoms with Crippen molar-refractivity contribution >= 4 is 86.7 Å². The van der Waals surface area contributed by atoms with Crippen LogP contribution in [0.3, 0.4) is 0 Å². The van der Waals surface area contributed by atoms with E-state index in [1.165, 1.54) is 4.90 Å². The SMILES string of the molecule is O=C(CCN1C(=O)/C(=C\c2ccc(Cl)cc2Cl)SC1=S)Nc1cc(C(F)(F)F)ccc1Cl. The first-order chi connectivity index (χ1) is 15.0. The Labute approximate surface area is 205 Å². The number of hydrogen-bond donors (Lipinski definition) is 1. The highest BCUT2D eigenvalue weighted by Gasteiger charge is 2.33. The van der Waals surface area contributed by atoms with E-state index in [9.17, 15) is 22.8 Å². The molecule has 0 atom stereocenters. The lowest BCUT2D eigenvalue weighted by Crippen LogP contribution is -2.31. The van der Waals surface area contributed by atoms with E-state index in [4.69, 9.17) is 47.0 Å². The molecule has 2 amide bonds. The van der Waals surface area contributed by atoms with E-state index in [2.05, 4.69) is 5.32 Å². The molecule has 1 heterocycles. The smallest absolute Gasteiger partial charge is 0.325 e. The Balaban J connectivity index is 1.66. The molecule has 32 heavy (non-hydrogen) atoms. The molecular formula is C20H12Cl3F3N2O2S2. The number of carbonyl (C=O) groups excluding carboxylic acids is 2. The van der Waals surface area contributed by atoms with Gasteiger partial charge in [-0.3, -0.25) is 14.5 Å². The predicted molar refractivity (Wildman–Crippen MR) is 126 cm³/mol. The molecule has 1 fully saturated rings. The Hall–Kier alpha value is -1.78. The van der Waals surface area contributed by atoms with E-state index >= 15 is 0 Å². The molecule has 1 aliphatic rings. The molecule has 1 saturated heterocycles. The number of carbonyl (C=O) groups is 2. The minimum absolute atomic E-state index is 0.0419. The molecule has 3 rings (SSSR count). The molecule has 0 saturated carbocycles. The Morgan fingerprint density at radius 1 is 1.12 bits per heavy atom. The minimum Gasteiger partial charge on any atom is -0.325 e. The van der Waals surface area contributed by atoms with Gasteiger partial charge in [-0.2, -0.15) is 13.2 Å². The second kappa shape index (κ2) is 10.0. The number of anilines is 1. The summed E-state index contributed by atoms with van der Waals surface area (Å²) in [6.07, 6.45) is -3.21. The highest BCUT2D eigenvalue weighted by molar-refractivity contribution is 8.26. The summed E-state index contributed by atoms with van der Waals surface area (Å²) in [5, 5.41) is 3.11. The standard InChI is InChI=1S/C20H12Cl3F3N2O2S2/c21-12-3-1-10(14(23)9-12)7-16-18(30)28(19(31)32-16)6-5-17(29)27-15-8-11(20(24,25)26)2-4-13(15)22/h1-4,7-9H,5-6H2,(H,27,29)/b16-7+. The predicted octanol–water partition coefficient (Wildman–Crippen LogP) is 6.90. The molecule has 2 aromatic rings. The third kappa shape index (κ3) is 5.96. The Bertz CT molecular complexity index is 1140. The molecule has 2 aromatic carbocycles. The summed E-state index contributed by atoms with van der Waals surface area (Å²) < 4.78 is 38.9. The van der Waals surface area contributed by atoms with E-state index < -0.39 is 23.6 Å². The fourth-order valence-electron chi connectivity index (χ4n) is 2.68. The van der Waals surface area contributed by atoms with Crippen LogP contribution >= 0.6 is 58.8 Å². The number of amides is 2. The average molecular weight is 540 g/mol. The molecular weight excluding hydrogens is 528 g/mol. The zero-order chi connectivity index (χ0) is 23.6. The zero-order valence-electron chi connectivity index (χ0n) is 15.8. The molecule has 0 bridgehead atoms. The number of thiocarbonyl (C=S) groups is 1. The third-order valence-corrected chi connectivity index (χ3v) is 6.52. The maximum absolute atomic E-state index is 12.9. The third-order valence-electron chi connectivity index (χ3n) is 4.25. The largest absolute Gasteiger partial charge is 0.416 e. The van der Waals surface area contributed by atoms with Crippen molar-refractivity contribution in [3.63, 3.8) is 0 Å². The van der Waals surface area contributed by atoms with Crippen molar-refractivity contribution in [2.45, 2.75) is 12.6 Å². The zero-order valence-corrected chi connectivity index (χ0v) is 19.7. The van der Waals surface area contributed by atoms with Crippen molar-refractivity contribution in [1.82, 2.24) is 4.90 Å². The number of nitrogens with one attached hydrogen (secondary N) is 1. The van der Waals surface area contributed by atoms with Gasteiger partial charge in [0, 0.05) is 23.0 Å². The first-order valence-electron chi connectivity index (χ1n) is 8.82. The van der Waals surface area contributed by atoms with Crippen LogP contribution < -0.4 is 5.32 Å². The lowest BCUT2D eigenvalue weighted by molar-refractivity contribution is -0.137. The number of benzene rings is 2. The molecule has 0 unspecified atom stereocenters. The number of hydrogen-bond acceptors (Lipinski definition) is 4. The summed E-state index contributed by atoms with van der Waals surface area (Å²) in [6.45, 7) is -0.0568. The molecule has 0 aliphatic carbocycles. The van der Waals surface area contributed by atoms with Crippen molar-refractivity contribution in [1.29, 1.82) is 0 Å². The molecule has 168 valence electrons. The van der Waals surface area contributed by atoms with Gasteiger partial charge in [0.05, 0.1) is 21.2 Å². The van der Waals surface area contributed by atoms with E-state index in [0.717, 1.165) is 30.0 Å². The molecule has 12 heteroatoms. The lowest BCUT2D eigenvalue weighted by atomic mass is 10.2. The molecule has 0 radical (unpaired) electrons. The Kier molecular flexibility index (Phi) is 7.77. The van der Waals surface area contributed by atoms with E-state index in [1.54, 1.807) is 24.3 Å². The quantitative estimate of drug-likeness (QED) is 0.332. The number of alkyl halides is 3. The van der Waals surface area contributed by atoms with E-state index in [1.807, 2.05) is 0 Å². The van der Waals surface area contributed by atoms with Gasteiger partial charge in [0.1, 0.15) is 4.32 Å². The van der Waals surface area contributed by atoms with Crippen LogP contribution in [-0.2, 0) is 15.8 Å². The van der Waals surface area contributed by atoms with Crippen LogP contribution in [0, 0.1) is 0 Å². The summed E-state index contributed by atoms with van der Waals surface area (Å²) in [6, 6.07) is 7.44. The summed E-state index contributed by atoms with van der Waals surface area (Å²) in [4.78, 5) is 26.5. The van der Waals surface area contributed by atoms with E-state index in [-0.39, 0.29) is 28.0 Å². The molecule has 4 nitrogen and oxygen atoms in total. The van der Waals surface area contributed by atoms with Gasteiger partial charge in [-0.05, 0) is 42.0 Å². The van der Waals surface area contributed by atoms with Crippen molar-refractivity contribution in [2.24, 2.45) is 0 Å². The minimum atomic E-state index is -4.58. The summed E-state index contributed by atoms with van der Waals surface area (Å²) in [7, 11) is 0. The van der Waals surface area contributed by atoms with Crippen molar-refractivity contribution < 1.29 is 22.8 Å². The fraction of sp³-hybridized carbons (Fsp3) is 0.150. The molecule has 0 spiro atoms. The summed E-state index contributed by atoms with van der Waals surface area (Å²) in [5.41, 5.74) is -0.539. The number of thioether (sulfide) groups is 1. The van der Waals surface area contributed by atoms with Crippen molar-refractivity contribution in [3.8, 4) is 0 Å². The van der Waals surface area contributed by atoms with Gasteiger partial charge in [0.2, 0.25) is 5.91 Å². The Morgan fingerprint density at radius 3 is 2.50 bits per heavy atom. The summed E-state index contributed by atoms with van der Waals surface area (Å²) in [5.74, 6) is -1.03. The second-order valence-corrected chi connectivity index (χ2v) is 9.42. The highest BCUT2D eigenvalue weighted by Crippen LogP contribution is 2.35. The van der Waals surface area contributed by atoms with Gasteiger partial charge in [0.15, 0.2) is 0 Å². The van der Waals surface area contributed by atoms with Crippen LogP contribution in [0.15, 0.2) is 41.3 Å². The van der Waals surface area contributed by atoms with Crippen LogP contribution in [0.2, 0.25) is 15.1 Å². The number of rotatable bonds is 5. The van der Waals surface area contributed by atoms with Gasteiger partial charge >= 0.3 is 6.18 Å². The summed E-state index contributed by atoms with van der Waals surface area (Å²) >= 11 is 24.2. The number of halogens is 6. The normalized spacial score (nSPS) is 15.6. The first kappa shape index (κ1) is 24.9. The van der Waals surface area contributed by atoms with Crippen molar-refractivity contribution in [3.05, 3.63) is 67.5 Å².